The van der Waals surface area contributed by atoms with E-state index in [-0.39, 0.29) is 0 Å². The maximum Gasteiger partial charge on any atom is 0.309 e. The van der Waals surface area contributed by atoms with Crippen LogP contribution in [0.3, 0.4) is 0 Å². The molecular weight excluding hydrogens is 204 g/mol. The average molecular weight is 226 g/mol. The van der Waals surface area contributed by atoms with Crippen LogP contribution in [0.4, 0.5) is 0 Å². The van der Waals surface area contributed by atoms with Gasteiger partial charge in [-0.25, -0.2) is 0 Å². The molecule has 2 fully saturated rings. The summed E-state index contributed by atoms with van der Waals surface area (Å²) in [5.41, 5.74) is -0.426. The molecule has 16 heavy (non-hydrogen) atoms. The Morgan fingerprint density at radius 1 is 1.38 bits per heavy atom. The first-order chi connectivity index (χ1) is 7.69. The maximum atomic E-state index is 11.6. The Bertz CT molecular complexity index is 258. The Balaban J connectivity index is 2.12. The molecule has 92 valence electrons. The van der Waals surface area contributed by atoms with Crippen LogP contribution in [0.5, 0.6) is 0 Å². The van der Waals surface area contributed by atoms with Crippen molar-refractivity contribution in [2.45, 2.75) is 45.4 Å². The van der Waals surface area contributed by atoms with Crippen LogP contribution in [-0.4, -0.2) is 24.3 Å². The summed E-state index contributed by atoms with van der Waals surface area (Å²) in [6.45, 7) is 3.67. The van der Waals surface area contributed by atoms with Gasteiger partial charge in [0.15, 0.2) is 0 Å². The van der Waals surface area contributed by atoms with Crippen LogP contribution in [0.2, 0.25) is 0 Å². The van der Waals surface area contributed by atoms with Gasteiger partial charge < -0.3 is 9.84 Å². The minimum absolute atomic E-state index is 0.343. The third-order valence-corrected chi connectivity index (χ3v) is 4.66. The van der Waals surface area contributed by atoms with Gasteiger partial charge in [0.2, 0.25) is 0 Å². The summed E-state index contributed by atoms with van der Waals surface area (Å²) in [6, 6.07) is 0. The Hall–Kier alpha value is -0.570. The van der Waals surface area contributed by atoms with E-state index >= 15 is 0 Å². The van der Waals surface area contributed by atoms with E-state index in [1.807, 2.05) is 0 Å². The highest BCUT2D eigenvalue weighted by Gasteiger charge is 2.50. The van der Waals surface area contributed by atoms with Gasteiger partial charge in [-0.15, -0.1) is 0 Å². The number of rotatable bonds is 3. The fraction of sp³-hybridized carbons (Fsp3) is 0.923. The van der Waals surface area contributed by atoms with Crippen molar-refractivity contribution in [2.24, 2.45) is 17.3 Å². The SMILES string of the molecule is CCC1CCC(C(=O)O)(C2CCOCC2)C1. The summed E-state index contributed by atoms with van der Waals surface area (Å²) in [5.74, 6) is 0.407. The molecule has 2 unspecified atom stereocenters. The number of hydrogen-bond acceptors (Lipinski definition) is 2. The van der Waals surface area contributed by atoms with E-state index in [0.717, 1.165) is 51.7 Å². The van der Waals surface area contributed by atoms with E-state index < -0.39 is 11.4 Å². The number of carbonyl (C=O) groups is 1. The van der Waals surface area contributed by atoms with Crippen LogP contribution in [0.15, 0.2) is 0 Å². The summed E-state index contributed by atoms with van der Waals surface area (Å²) in [6.07, 6.45) is 5.86. The van der Waals surface area contributed by atoms with Gasteiger partial charge in [0.05, 0.1) is 5.41 Å². The van der Waals surface area contributed by atoms with Crippen LogP contribution in [0.25, 0.3) is 0 Å². The van der Waals surface area contributed by atoms with E-state index in [1.165, 1.54) is 0 Å². The summed E-state index contributed by atoms with van der Waals surface area (Å²) in [5, 5.41) is 9.59. The lowest BCUT2D eigenvalue weighted by molar-refractivity contribution is -0.155. The first kappa shape index (κ1) is 11.9. The highest BCUT2D eigenvalue weighted by molar-refractivity contribution is 5.75. The first-order valence-corrected chi connectivity index (χ1v) is 6.50. The number of aliphatic carboxylic acids is 1. The molecule has 3 nitrogen and oxygen atoms in total. The molecule has 3 heteroatoms. The second-order valence-corrected chi connectivity index (χ2v) is 5.37. The van der Waals surface area contributed by atoms with Crippen molar-refractivity contribution >= 4 is 5.97 Å². The summed E-state index contributed by atoms with van der Waals surface area (Å²) < 4.78 is 5.34. The predicted octanol–water partition coefficient (Wildman–Crippen LogP) is 2.69. The van der Waals surface area contributed by atoms with Gasteiger partial charge in [-0.3, -0.25) is 4.79 Å². The lowest BCUT2D eigenvalue weighted by atomic mass is 9.70. The van der Waals surface area contributed by atoms with Crippen LogP contribution in [0, 0.1) is 17.3 Å². The fourth-order valence-electron chi connectivity index (χ4n) is 3.52. The molecule has 0 amide bonds. The van der Waals surface area contributed by atoms with Crippen LogP contribution < -0.4 is 0 Å². The Labute approximate surface area is 97.2 Å². The molecule has 1 aliphatic carbocycles. The maximum absolute atomic E-state index is 11.6. The summed E-state index contributed by atoms with van der Waals surface area (Å²) >= 11 is 0. The molecule has 1 N–H and O–H groups in total. The molecule has 2 atom stereocenters. The average Bonchev–Trinajstić information content (AvgIpc) is 2.75. The van der Waals surface area contributed by atoms with Crippen molar-refractivity contribution in [1.82, 2.24) is 0 Å². The first-order valence-electron chi connectivity index (χ1n) is 6.50. The molecule has 2 aliphatic rings. The van der Waals surface area contributed by atoms with E-state index in [2.05, 4.69) is 6.92 Å². The molecule has 0 spiro atoms. The molecule has 0 aromatic rings. The highest BCUT2D eigenvalue weighted by Crippen LogP contribution is 2.51. The van der Waals surface area contributed by atoms with Gasteiger partial charge in [0.25, 0.3) is 0 Å². The monoisotopic (exact) mass is 226 g/mol. The third kappa shape index (κ3) is 1.97. The zero-order chi connectivity index (χ0) is 11.6. The Morgan fingerprint density at radius 3 is 2.56 bits per heavy atom. The number of carboxylic acid groups (broad SMARTS) is 1. The van der Waals surface area contributed by atoms with Crippen molar-refractivity contribution in [3.8, 4) is 0 Å². The van der Waals surface area contributed by atoms with Gasteiger partial charge in [0.1, 0.15) is 0 Å². The van der Waals surface area contributed by atoms with Gasteiger partial charge in [-0.1, -0.05) is 13.3 Å². The van der Waals surface area contributed by atoms with Crippen LogP contribution >= 0.6 is 0 Å². The molecule has 1 heterocycles. The number of carboxylic acids is 1. The molecule has 0 bridgehead atoms. The Morgan fingerprint density at radius 2 is 2.06 bits per heavy atom. The van der Waals surface area contributed by atoms with Crippen molar-refractivity contribution in [2.75, 3.05) is 13.2 Å². The van der Waals surface area contributed by atoms with Gasteiger partial charge >= 0.3 is 5.97 Å². The molecule has 1 aliphatic heterocycles. The van der Waals surface area contributed by atoms with Crippen molar-refractivity contribution in [1.29, 1.82) is 0 Å². The molecule has 0 aromatic carbocycles. The highest BCUT2D eigenvalue weighted by atomic mass is 16.5. The van der Waals surface area contributed by atoms with Crippen molar-refractivity contribution in [3.05, 3.63) is 0 Å². The second kappa shape index (κ2) is 4.74. The Kier molecular flexibility index (Phi) is 3.53. The fourth-order valence-corrected chi connectivity index (χ4v) is 3.52. The van der Waals surface area contributed by atoms with Gasteiger partial charge in [-0.2, -0.15) is 0 Å². The smallest absolute Gasteiger partial charge is 0.309 e. The van der Waals surface area contributed by atoms with E-state index in [9.17, 15) is 9.90 Å². The summed E-state index contributed by atoms with van der Waals surface area (Å²) in [4.78, 5) is 11.6. The number of ether oxygens (including phenoxy) is 1. The topological polar surface area (TPSA) is 46.5 Å². The third-order valence-electron chi connectivity index (χ3n) is 4.66. The molecular formula is C13H22O3. The predicted molar refractivity (Wildman–Crippen MR) is 61.2 cm³/mol. The second-order valence-electron chi connectivity index (χ2n) is 5.37. The summed E-state index contributed by atoms with van der Waals surface area (Å²) in [7, 11) is 0. The zero-order valence-electron chi connectivity index (χ0n) is 10.1. The minimum Gasteiger partial charge on any atom is -0.481 e. The van der Waals surface area contributed by atoms with Crippen LogP contribution in [-0.2, 0) is 9.53 Å². The lowest BCUT2D eigenvalue weighted by Gasteiger charge is -2.36. The van der Waals surface area contributed by atoms with E-state index in [1.54, 1.807) is 0 Å². The van der Waals surface area contributed by atoms with Gasteiger partial charge in [0, 0.05) is 13.2 Å². The van der Waals surface area contributed by atoms with Crippen molar-refractivity contribution in [3.63, 3.8) is 0 Å². The molecule has 1 saturated carbocycles. The molecule has 1 saturated heterocycles. The zero-order valence-corrected chi connectivity index (χ0v) is 10.1. The molecule has 2 rings (SSSR count). The number of hydrogen-bond donors (Lipinski definition) is 1. The lowest BCUT2D eigenvalue weighted by Crippen LogP contribution is -2.39. The normalized spacial score (nSPS) is 36.4. The van der Waals surface area contributed by atoms with E-state index in [4.69, 9.17) is 4.74 Å². The van der Waals surface area contributed by atoms with Gasteiger partial charge in [-0.05, 0) is 43.9 Å². The standard InChI is InChI=1S/C13H22O3/c1-2-10-3-6-13(9-10,12(14)15)11-4-7-16-8-5-11/h10-11H,2-9H2,1H3,(H,14,15). The van der Waals surface area contributed by atoms with Crippen molar-refractivity contribution < 1.29 is 14.6 Å². The minimum atomic E-state index is -0.560. The van der Waals surface area contributed by atoms with E-state index in [0.29, 0.717) is 11.8 Å². The molecule has 0 radical (unpaired) electrons. The quantitative estimate of drug-likeness (QED) is 0.804. The largest absolute Gasteiger partial charge is 0.481 e. The molecule has 0 aromatic heterocycles. The van der Waals surface area contributed by atoms with Crippen LogP contribution in [0.1, 0.15) is 45.4 Å².